The van der Waals surface area contributed by atoms with Crippen molar-refractivity contribution < 1.29 is 9.90 Å². The van der Waals surface area contributed by atoms with Crippen molar-refractivity contribution in [3.8, 4) is 0 Å². The second-order valence-corrected chi connectivity index (χ2v) is 3.68. The quantitative estimate of drug-likeness (QED) is 0.605. The molecule has 0 aromatic carbocycles. The first-order valence-corrected chi connectivity index (χ1v) is 4.93. The summed E-state index contributed by atoms with van der Waals surface area (Å²) in [5.74, 6) is -0.214. The van der Waals surface area contributed by atoms with E-state index in [1.54, 1.807) is 0 Å². The maximum Gasteiger partial charge on any atom is 0.276 e. The molecule has 2 rings (SSSR count). The highest BCUT2D eigenvalue weighted by atomic mass is 16.3. The van der Waals surface area contributed by atoms with Crippen molar-refractivity contribution in [1.29, 1.82) is 0 Å². The Kier molecular flexibility index (Phi) is 2.36. The van der Waals surface area contributed by atoms with Crippen LogP contribution in [0.2, 0.25) is 0 Å². The summed E-state index contributed by atoms with van der Waals surface area (Å²) >= 11 is 0. The molecule has 0 aliphatic carbocycles. The highest BCUT2D eigenvalue weighted by Crippen LogP contribution is 2.19. The van der Waals surface area contributed by atoms with Crippen LogP contribution in [0.3, 0.4) is 0 Å². The van der Waals surface area contributed by atoms with Crippen molar-refractivity contribution in [3.05, 3.63) is 11.4 Å². The zero-order valence-electron chi connectivity index (χ0n) is 8.53. The molecule has 0 radical (unpaired) electrons. The van der Waals surface area contributed by atoms with Crippen molar-refractivity contribution >= 4 is 11.6 Å². The highest BCUT2D eigenvalue weighted by molar-refractivity contribution is 5.98. The molecule has 0 atom stereocenters. The Labute approximate surface area is 87.1 Å². The van der Waals surface area contributed by atoms with Crippen LogP contribution in [0.5, 0.6) is 0 Å². The van der Waals surface area contributed by atoms with E-state index in [1.165, 1.54) is 4.90 Å². The first kappa shape index (κ1) is 9.97. The number of anilines is 1. The summed E-state index contributed by atoms with van der Waals surface area (Å²) in [5, 5.41) is 15.7. The van der Waals surface area contributed by atoms with E-state index in [0.717, 1.165) is 12.1 Å². The number of amides is 1. The van der Waals surface area contributed by atoms with Gasteiger partial charge in [0.15, 0.2) is 5.69 Å². The van der Waals surface area contributed by atoms with Crippen LogP contribution in [0.25, 0.3) is 0 Å². The lowest BCUT2D eigenvalue weighted by molar-refractivity contribution is 0.00557. The largest absolute Gasteiger partial charge is 0.395 e. The number of rotatable bonds is 2. The molecule has 1 aliphatic heterocycles. The van der Waals surface area contributed by atoms with E-state index in [-0.39, 0.29) is 11.6 Å². The predicted molar refractivity (Wildman–Crippen MR) is 54.3 cm³/mol. The van der Waals surface area contributed by atoms with Gasteiger partial charge >= 0.3 is 0 Å². The molecule has 4 N–H and O–H groups in total. The fraction of sp³-hybridized carbons (Fsp3) is 0.556. The number of likely N-dealkylation sites (tertiary alicyclic amines) is 1. The Hall–Kier alpha value is -1.56. The number of nitrogens with zero attached hydrogens (tertiary/aromatic N) is 2. The molecule has 0 saturated carbocycles. The van der Waals surface area contributed by atoms with Gasteiger partial charge in [-0.15, -0.1) is 0 Å². The smallest absolute Gasteiger partial charge is 0.276 e. The summed E-state index contributed by atoms with van der Waals surface area (Å²) in [7, 11) is 0. The number of nitrogen functional groups attached to an aromatic ring is 1. The molecule has 2 heterocycles. The van der Waals surface area contributed by atoms with Gasteiger partial charge in [-0.3, -0.25) is 9.89 Å². The van der Waals surface area contributed by atoms with Crippen molar-refractivity contribution in [2.24, 2.45) is 0 Å². The average molecular weight is 210 g/mol. The first-order valence-electron chi connectivity index (χ1n) is 4.93. The van der Waals surface area contributed by atoms with Gasteiger partial charge in [-0.2, -0.15) is 5.10 Å². The number of aliphatic hydroxyl groups is 1. The summed E-state index contributed by atoms with van der Waals surface area (Å²) in [6, 6.07) is 0. The third-order valence-corrected chi connectivity index (χ3v) is 2.59. The Morgan fingerprint density at radius 1 is 1.73 bits per heavy atom. The molecule has 0 spiro atoms. The van der Waals surface area contributed by atoms with Crippen LogP contribution in [0.4, 0.5) is 5.69 Å². The lowest BCUT2D eigenvalue weighted by Gasteiger charge is -2.35. The number of nitrogens with two attached hydrogens (primary N) is 1. The molecule has 1 aromatic heterocycles. The van der Waals surface area contributed by atoms with Gasteiger partial charge in [0.1, 0.15) is 0 Å². The van der Waals surface area contributed by atoms with E-state index >= 15 is 0 Å². The van der Waals surface area contributed by atoms with Gasteiger partial charge in [0.2, 0.25) is 0 Å². The number of aliphatic hydroxyl groups excluding tert-OH is 1. The molecule has 1 fully saturated rings. The van der Waals surface area contributed by atoms with Crippen LogP contribution < -0.4 is 5.73 Å². The SMILES string of the molecule is CCc1[nH]nc(C(=O)N2CC(O)C2)c1N. The minimum absolute atomic E-state index is 0.214. The summed E-state index contributed by atoms with van der Waals surface area (Å²) in [4.78, 5) is 13.3. The maximum atomic E-state index is 11.8. The Morgan fingerprint density at radius 2 is 2.40 bits per heavy atom. The number of carbonyl (C=O) groups is 1. The lowest BCUT2D eigenvalue weighted by atomic mass is 10.1. The normalized spacial score (nSPS) is 16.5. The van der Waals surface area contributed by atoms with Crippen molar-refractivity contribution in [1.82, 2.24) is 15.1 Å². The number of H-pyrrole nitrogens is 1. The van der Waals surface area contributed by atoms with Gasteiger partial charge < -0.3 is 15.7 Å². The number of hydrogen-bond donors (Lipinski definition) is 3. The molecule has 1 saturated heterocycles. The molecule has 1 aromatic rings. The third-order valence-electron chi connectivity index (χ3n) is 2.59. The summed E-state index contributed by atoms with van der Waals surface area (Å²) in [6.45, 7) is 2.67. The number of aromatic amines is 1. The van der Waals surface area contributed by atoms with Gasteiger partial charge in [-0.05, 0) is 6.42 Å². The van der Waals surface area contributed by atoms with Crippen LogP contribution in [0, 0.1) is 0 Å². The number of β-amino-alcohol motifs (C(OH)–C–C–N with tert-alkyl or cyclic N) is 1. The number of hydrogen-bond acceptors (Lipinski definition) is 4. The molecule has 6 nitrogen and oxygen atoms in total. The number of aromatic nitrogens is 2. The monoisotopic (exact) mass is 210 g/mol. The standard InChI is InChI=1S/C9H14N4O2/c1-2-6-7(10)8(12-11-6)9(15)13-3-5(14)4-13/h5,14H,2-4,10H2,1H3,(H,11,12). The number of aryl methyl sites for hydroxylation is 1. The molecule has 1 aliphatic rings. The maximum absolute atomic E-state index is 11.8. The average Bonchev–Trinajstić information content (AvgIpc) is 2.54. The van der Waals surface area contributed by atoms with E-state index in [0.29, 0.717) is 18.8 Å². The Morgan fingerprint density at radius 3 is 2.87 bits per heavy atom. The summed E-state index contributed by atoms with van der Waals surface area (Å²) in [5.41, 5.74) is 7.22. The molecule has 82 valence electrons. The number of nitrogens with one attached hydrogen (secondary N) is 1. The van der Waals surface area contributed by atoms with Gasteiger partial charge in [-0.1, -0.05) is 6.92 Å². The lowest BCUT2D eigenvalue weighted by Crippen LogP contribution is -2.53. The number of carbonyl (C=O) groups excluding carboxylic acids is 1. The van der Waals surface area contributed by atoms with Crippen LogP contribution >= 0.6 is 0 Å². The van der Waals surface area contributed by atoms with Crippen molar-refractivity contribution in [3.63, 3.8) is 0 Å². The predicted octanol–water partition coefficient (Wildman–Crippen LogP) is -0.629. The molecule has 0 bridgehead atoms. The second kappa shape index (κ2) is 3.54. The Bertz CT molecular complexity index is 381. The second-order valence-electron chi connectivity index (χ2n) is 3.68. The summed E-state index contributed by atoms with van der Waals surface area (Å²) < 4.78 is 0. The zero-order valence-corrected chi connectivity index (χ0v) is 8.53. The topological polar surface area (TPSA) is 95.2 Å². The van der Waals surface area contributed by atoms with E-state index in [4.69, 9.17) is 10.8 Å². The van der Waals surface area contributed by atoms with Gasteiger partial charge in [0.25, 0.3) is 5.91 Å². The fourth-order valence-electron chi connectivity index (χ4n) is 1.59. The Balaban J connectivity index is 2.15. The third kappa shape index (κ3) is 1.56. The van der Waals surface area contributed by atoms with Crippen LogP contribution in [0.1, 0.15) is 23.1 Å². The van der Waals surface area contributed by atoms with E-state index in [9.17, 15) is 4.79 Å². The molecule has 6 heteroatoms. The molecular formula is C9H14N4O2. The first-order chi connectivity index (χ1) is 7.13. The van der Waals surface area contributed by atoms with Crippen LogP contribution in [0.15, 0.2) is 0 Å². The molecule has 15 heavy (non-hydrogen) atoms. The van der Waals surface area contributed by atoms with E-state index < -0.39 is 6.10 Å². The zero-order chi connectivity index (χ0) is 11.0. The van der Waals surface area contributed by atoms with Crippen LogP contribution in [-0.2, 0) is 6.42 Å². The van der Waals surface area contributed by atoms with E-state index in [2.05, 4.69) is 10.2 Å². The van der Waals surface area contributed by atoms with Gasteiger partial charge in [0, 0.05) is 13.1 Å². The molecule has 0 unspecified atom stereocenters. The van der Waals surface area contributed by atoms with Gasteiger partial charge in [-0.25, -0.2) is 0 Å². The van der Waals surface area contributed by atoms with Crippen molar-refractivity contribution in [2.75, 3.05) is 18.8 Å². The fourth-order valence-corrected chi connectivity index (χ4v) is 1.59. The van der Waals surface area contributed by atoms with Crippen molar-refractivity contribution in [2.45, 2.75) is 19.4 Å². The molecule has 1 amide bonds. The minimum atomic E-state index is -0.403. The minimum Gasteiger partial charge on any atom is -0.395 e. The van der Waals surface area contributed by atoms with Crippen LogP contribution in [-0.4, -0.2) is 45.3 Å². The summed E-state index contributed by atoms with van der Waals surface area (Å²) in [6.07, 6.45) is 0.314. The van der Waals surface area contributed by atoms with E-state index in [1.807, 2.05) is 6.92 Å². The molecular weight excluding hydrogens is 196 g/mol. The highest BCUT2D eigenvalue weighted by Gasteiger charge is 2.32. The van der Waals surface area contributed by atoms with Gasteiger partial charge in [0.05, 0.1) is 17.5 Å².